The lowest BCUT2D eigenvalue weighted by atomic mass is 9.77. The molecule has 22 heavy (non-hydrogen) atoms. The fraction of sp³-hybridized carbons (Fsp3) is 0.400. The Morgan fingerprint density at radius 2 is 2.14 bits per heavy atom. The highest BCUT2D eigenvalue weighted by molar-refractivity contribution is 5.77. The predicted molar refractivity (Wildman–Crippen MR) is 77.8 cm³/mol. The number of nitrogens with one attached hydrogen (secondary N) is 1. The SMILES string of the molecule is NC1(c2noc(CNC(=O)COc3ccccc3)n2)CCC1. The molecule has 0 aliphatic heterocycles. The van der Waals surface area contributed by atoms with Crippen molar-refractivity contribution in [2.45, 2.75) is 31.3 Å². The summed E-state index contributed by atoms with van der Waals surface area (Å²) in [5, 5.41) is 6.56. The van der Waals surface area contributed by atoms with E-state index in [-0.39, 0.29) is 19.1 Å². The lowest BCUT2D eigenvalue weighted by molar-refractivity contribution is -0.123. The quantitative estimate of drug-likeness (QED) is 0.828. The summed E-state index contributed by atoms with van der Waals surface area (Å²) in [4.78, 5) is 15.9. The number of benzene rings is 1. The minimum absolute atomic E-state index is 0.0637. The van der Waals surface area contributed by atoms with E-state index in [1.54, 1.807) is 12.1 Å². The summed E-state index contributed by atoms with van der Waals surface area (Å²) >= 11 is 0. The second kappa shape index (κ2) is 6.15. The molecule has 3 N–H and O–H groups in total. The van der Waals surface area contributed by atoms with Crippen LogP contribution in [0.25, 0.3) is 0 Å². The van der Waals surface area contributed by atoms with Gasteiger partial charge in [0.2, 0.25) is 5.89 Å². The number of ether oxygens (including phenoxy) is 1. The van der Waals surface area contributed by atoms with Crippen LogP contribution < -0.4 is 15.8 Å². The Labute approximate surface area is 127 Å². The maximum Gasteiger partial charge on any atom is 0.258 e. The lowest BCUT2D eigenvalue weighted by Crippen LogP contribution is -2.44. The normalized spacial score (nSPS) is 15.9. The van der Waals surface area contributed by atoms with E-state index in [0.717, 1.165) is 19.3 Å². The topological polar surface area (TPSA) is 103 Å². The fourth-order valence-corrected chi connectivity index (χ4v) is 2.20. The second-order valence-electron chi connectivity index (χ2n) is 5.40. The maximum atomic E-state index is 11.7. The first-order valence-electron chi connectivity index (χ1n) is 7.22. The number of carbonyl (C=O) groups is 1. The zero-order valence-corrected chi connectivity index (χ0v) is 12.1. The lowest BCUT2D eigenvalue weighted by Gasteiger charge is -2.34. The van der Waals surface area contributed by atoms with E-state index in [2.05, 4.69) is 15.5 Å². The van der Waals surface area contributed by atoms with Crippen LogP contribution in [0.15, 0.2) is 34.9 Å². The molecule has 0 radical (unpaired) electrons. The monoisotopic (exact) mass is 302 g/mol. The van der Waals surface area contributed by atoms with Crippen LogP contribution in [0.2, 0.25) is 0 Å². The number of hydrogen-bond donors (Lipinski definition) is 2. The van der Waals surface area contributed by atoms with Gasteiger partial charge in [0, 0.05) is 0 Å². The summed E-state index contributed by atoms with van der Waals surface area (Å²) < 4.78 is 10.4. The Bertz CT molecular complexity index is 637. The van der Waals surface area contributed by atoms with E-state index in [4.69, 9.17) is 15.0 Å². The van der Waals surface area contributed by atoms with Crippen LogP contribution >= 0.6 is 0 Å². The zero-order chi connectivity index (χ0) is 15.4. The summed E-state index contributed by atoms with van der Waals surface area (Å²) in [5.41, 5.74) is 5.66. The van der Waals surface area contributed by atoms with Crippen molar-refractivity contribution in [1.82, 2.24) is 15.5 Å². The molecule has 1 amide bonds. The molecule has 1 heterocycles. The first-order valence-corrected chi connectivity index (χ1v) is 7.22. The summed E-state index contributed by atoms with van der Waals surface area (Å²) in [7, 11) is 0. The predicted octanol–water partition coefficient (Wildman–Crippen LogP) is 1.10. The average Bonchev–Trinajstić information content (AvgIpc) is 2.99. The Balaban J connectivity index is 1.45. The Morgan fingerprint density at radius 1 is 1.36 bits per heavy atom. The molecular formula is C15H18N4O3. The van der Waals surface area contributed by atoms with Gasteiger partial charge in [-0.05, 0) is 31.4 Å². The van der Waals surface area contributed by atoms with Gasteiger partial charge in [-0.3, -0.25) is 4.79 Å². The first kappa shape index (κ1) is 14.5. The zero-order valence-electron chi connectivity index (χ0n) is 12.1. The Morgan fingerprint density at radius 3 is 2.82 bits per heavy atom. The molecule has 7 heteroatoms. The molecule has 0 unspecified atom stereocenters. The maximum absolute atomic E-state index is 11.7. The molecule has 0 bridgehead atoms. The van der Waals surface area contributed by atoms with E-state index in [1.807, 2.05) is 18.2 Å². The van der Waals surface area contributed by atoms with Crippen LogP contribution in [0, 0.1) is 0 Å². The number of hydrogen-bond acceptors (Lipinski definition) is 6. The fourth-order valence-electron chi connectivity index (χ4n) is 2.20. The summed E-state index contributed by atoms with van der Waals surface area (Å²) in [6.07, 6.45) is 2.81. The van der Waals surface area contributed by atoms with E-state index in [1.165, 1.54) is 0 Å². The first-order chi connectivity index (χ1) is 10.7. The van der Waals surface area contributed by atoms with Crippen LogP contribution in [0.3, 0.4) is 0 Å². The van der Waals surface area contributed by atoms with Gasteiger partial charge in [0.05, 0.1) is 12.1 Å². The van der Waals surface area contributed by atoms with Crippen LogP contribution in [-0.4, -0.2) is 22.7 Å². The molecule has 1 aliphatic carbocycles. The van der Waals surface area contributed by atoms with E-state index in [0.29, 0.717) is 17.5 Å². The molecule has 1 aromatic carbocycles. The number of amides is 1. The van der Waals surface area contributed by atoms with Gasteiger partial charge in [-0.15, -0.1) is 0 Å². The number of carbonyl (C=O) groups excluding carboxylic acids is 1. The number of aromatic nitrogens is 2. The molecule has 3 rings (SSSR count). The van der Waals surface area contributed by atoms with Gasteiger partial charge in [-0.1, -0.05) is 23.4 Å². The molecule has 1 saturated carbocycles. The Kier molecular flexibility index (Phi) is 4.06. The number of rotatable bonds is 6. The van der Waals surface area contributed by atoms with Crippen molar-refractivity contribution in [1.29, 1.82) is 0 Å². The van der Waals surface area contributed by atoms with Crippen molar-refractivity contribution in [3.63, 3.8) is 0 Å². The van der Waals surface area contributed by atoms with Crippen LogP contribution in [0.1, 0.15) is 31.0 Å². The Hall–Kier alpha value is -2.41. The van der Waals surface area contributed by atoms with Gasteiger partial charge < -0.3 is 20.3 Å². The molecule has 1 fully saturated rings. The highest BCUT2D eigenvalue weighted by Gasteiger charge is 2.38. The van der Waals surface area contributed by atoms with Crippen LogP contribution in [-0.2, 0) is 16.9 Å². The smallest absolute Gasteiger partial charge is 0.258 e. The minimum atomic E-state index is -0.456. The van der Waals surface area contributed by atoms with Crippen molar-refractivity contribution >= 4 is 5.91 Å². The third-order valence-corrected chi connectivity index (χ3v) is 3.71. The summed E-state index contributed by atoms with van der Waals surface area (Å²) in [6, 6.07) is 9.15. The van der Waals surface area contributed by atoms with E-state index in [9.17, 15) is 4.79 Å². The molecule has 7 nitrogen and oxygen atoms in total. The molecule has 2 aromatic rings. The summed E-state index contributed by atoms with van der Waals surface area (Å²) in [5.74, 6) is 1.26. The third kappa shape index (κ3) is 3.25. The largest absolute Gasteiger partial charge is 0.484 e. The molecule has 1 aromatic heterocycles. The van der Waals surface area contributed by atoms with Gasteiger partial charge in [-0.25, -0.2) is 0 Å². The van der Waals surface area contributed by atoms with E-state index >= 15 is 0 Å². The molecule has 0 saturated heterocycles. The second-order valence-corrected chi connectivity index (χ2v) is 5.40. The average molecular weight is 302 g/mol. The highest BCUT2D eigenvalue weighted by atomic mass is 16.5. The molecule has 0 spiro atoms. The van der Waals surface area contributed by atoms with Crippen molar-refractivity contribution in [3.8, 4) is 5.75 Å². The molecule has 1 aliphatic rings. The highest BCUT2D eigenvalue weighted by Crippen LogP contribution is 2.36. The molecule has 0 atom stereocenters. The number of para-hydroxylation sites is 1. The number of nitrogens with two attached hydrogens (primary N) is 1. The van der Waals surface area contributed by atoms with Gasteiger partial charge >= 0.3 is 0 Å². The molecular weight excluding hydrogens is 284 g/mol. The van der Waals surface area contributed by atoms with Crippen molar-refractivity contribution in [2.75, 3.05) is 6.61 Å². The standard InChI is InChI=1S/C15H18N4O3/c16-15(7-4-8-15)14-18-13(22-19-14)9-17-12(20)10-21-11-5-2-1-3-6-11/h1-3,5-6H,4,7-10,16H2,(H,17,20). The summed E-state index contributed by atoms with van der Waals surface area (Å²) in [6.45, 7) is 0.103. The van der Waals surface area contributed by atoms with Gasteiger partial charge in [0.1, 0.15) is 5.75 Å². The molecule has 116 valence electrons. The van der Waals surface area contributed by atoms with Crippen molar-refractivity contribution in [2.24, 2.45) is 5.73 Å². The van der Waals surface area contributed by atoms with E-state index < -0.39 is 5.54 Å². The minimum Gasteiger partial charge on any atom is -0.484 e. The third-order valence-electron chi connectivity index (χ3n) is 3.71. The van der Waals surface area contributed by atoms with Gasteiger partial charge in [0.15, 0.2) is 12.4 Å². The number of nitrogens with zero attached hydrogens (tertiary/aromatic N) is 2. The van der Waals surface area contributed by atoms with Gasteiger partial charge in [-0.2, -0.15) is 4.98 Å². The van der Waals surface area contributed by atoms with Gasteiger partial charge in [0.25, 0.3) is 5.91 Å². The van der Waals surface area contributed by atoms with Crippen molar-refractivity contribution < 1.29 is 14.1 Å². The van der Waals surface area contributed by atoms with Crippen LogP contribution in [0.5, 0.6) is 5.75 Å². The van der Waals surface area contributed by atoms with Crippen LogP contribution in [0.4, 0.5) is 0 Å². The van der Waals surface area contributed by atoms with Crippen molar-refractivity contribution in [3.05, 3.63) is 42.0 Å².